The van der Waals surface area contributed by atoms with Crippen LogP contribution in [0.5, 0.6) is 5.75 Å². The molecule has 3 aromatic carbocycles. The molecule has 0 radical (unpaired) electrons. The lowest BCUT2D eigenvalue weighted by molar-refractivity contribution is 0.126. The van der Waals surface area contributed by atoms with Crippen LogP contribution in [0.4, 0.5) is 0 Å². The van der Waals surface area contributed by atoms with E-state index in [1.807, 2.05) is 60.7 Å². The van der Waals surface area contributed by atoms with Gasteiger partial charge in [0.15, 0.2) is 0 Å². The summed E-state index contributed by atoms with van der Waals surface area (Å²) in [6.07, 6.45) is -0.657. The fourth-order valence-corrected chi connectivity index (χ4v) is 3.80. The summed E-state index contributed by atoms with van der Waals surface area (Å²) in [4.78, 5) is 0. The highest BCUT2D eigenvalue weighted by Gasteiger charge is 2.14. The summed E-state index contributed by atoms with van der Waals surface area (Å²) in [6, 6.07) is 21.6. The lowest BCUT2D eigenvalue weighted by Gasteiger charge is -2.11. The van der Waals surface area contributed by atoms with Crippen molar-refractivity contribution in [3.05, 3.63) is 71.2 Å². The number of aliphatic hydroxyl groups is 1. The zero-order valence-electron chi connectivity index (χ0n) is 14.8. The smallest absolute Gasteiger partial charge is 0.276 e. The summed E-state index contributed by atoms with van der Waals surface area (Å²) < 4.78 is 12.3. The van der Waals surface area contributed by atoms with Gasteiger partial charge in [0.05, 0.1) is 11.7 Å². The molecule has 1 N–H and O–H groups in total. The molecule has 1 heterocycles. The first kappa shape index (κ1) is 19.0. The summed E-state index contributed by atoms with van der Waals surface area (Å²) >= 11 is 4.77. The first-order valence-electron chi connectivity index (χ1n) is 8.70. The van der Waals surface area contributed by atoms with Crippen molar-refractivity contribution in [3.63, 3.8) is 0 Å². The molecule has 0 fully saturated rings. The van der Waals surface area contributed by atoms with Gasteiger partial charge in [0.25, 0.3) is 5.22 Å². The van der Waals surface area contributed by atoms with E-state index in [0.29, 0.717) is 16.9 Å². The van der Waals surface area contributed by atoms with Crippen LogP contribution in [0.1, 0.15) is 0 Å². The summed E-state index contributed by atoms with van der Waals surface area (Å²) in [5.41, 5.74) is 0.835. The molecule has 0 aliphatic carbocycles. The lowest BCUT2D eigenvalue weighted by atomic mass is 10.1. The highest BCUT2D eigenvalue weighted by atomic mass is 79.9. The second-order valence-corrected chi connectivity index (χ2v) is 7.96. The number of rotatable bonds is 7. The molecular formula is C21H17BrN2O3S. The van der Waals surface area contributed by atoms with E-state index >= 15 is 0 Å². The van der Waals surface area contributed by atoms with Crippen LogP contribution in [0.15, 0.2) is 80.8 Å². The molecule has 0 spiro atoms. The minimum Gasteiger partial charge on any atom is -0.491 e. The maximum Gasteiger partial charge on any atom is 0.276 e. The number of aromatic nitrogens is 2. The molecule has 4 aromatic rings. The number of hydrogen-bond donors (Lipinski definition) is 1. The van der Waals surface area contributed by atoms with E-state index in [1.165, 1.54) is 11.8 Å². The van der Waals surface area contributed by atoms with Gasteiger partial charge in [-0.3, -0.25) is 0 Å². The second-order valence-electron chi connectivity index (χ2n) is 6.14. The van der Waals surface area contributed by atoms with Crippen molar-refractivity contribution in [2.75, 3.05) is 12.4 Å². The number of nitrogens with zero attached hydrogens (tertiary/aromatic N) is 2. The van der Waals surface area contributed by atoms with Gasteiger partial charge in [-0.1, -0.05) is 54.2 Å². The zero-order valence-corrected chi connectivity index (χ0v) is 17.2. The van der Waals surface area contributed by atoms with Crippen LogP contribution < -0.4 is 4.74 Å². The number of fused-ring (bicyclic) bond motifs is 1. The molecule has 7 heteroatoms. The van der Waals surface area contributed by atoms with Gasteiger partial charge in [-0.15, -0.1) is 10.2 Å². The molecule has 0 saturated carbocycles. The van der Waals surface area contributed by atoms with E-state index in [1.54, 1.807) is 0 Å². The largest absolute Gasteiger partial charge is 0.491 e. The van der Waals surface area contributed by atoms with E-state index in [2.05, 4.69) is 32.2 Å². The molecule has 1 aromatic heterocycles. The van der Waals surface area contributed by atoms with Gasteiger partial charge in [0.2, 0.25) is 5.89 Å². The van der Waals surface area contributed by atoms with Gasteiger partial charge in [-0.2, -0.15) is 0 Å². The van der Waals surface area contributed by atoms with E-state index < -0.39 is 6.10 Å². The molecule has 0 aliphatic heterocycles. The van der Waals surface area contributed by atoms with Crippen molar-refractivity contribution in [3.8, 4) is 17.2 Å². The van der Waals surface area contributed by atoms with Crippen LogP contribution >= 0.6 is 27.7 Å². The Kier molecular flexibility index (Phi) is 5.95. The third-order valence-electron chi connectivity index (χ3n) is 4.07. The standard InChI is InChI=1S/C21H17BrN2O3S/c22-19-8-4-3-7-18(19)20-23-24-21(27-20)28-13-16(25)12-26-17-10-9-14-5-1-2-6-15(14)11-17/h1-11,16,25H,12-13H2. The van der Waals surface area contributed by atoms with E-state index in [0.717, 1.165) is 26.6 Å². The summed E-state index contributed by atoms with van der Waals surface area (Å²) in [7, 11) is 0. The van der Waals surface area contributed by atoms with Gasteiger partial charge in [0, 0.05) is 10.2 Å². The Bertz CT molecular complexity index is 1090. The summed E-state index contributed by atoms with van der Waals surface area (Å²) in [5, 5.41) is 21.0. The van der Waals surface area contributed by atoms with Gasteiger partial charge >= 0.3 is 0 Å². The van der Waals surface area contributed by atoms with Gasteiger partial charge in [-0.05, 0) is 51.0 Å². The van der Waals surface area contributed by atoms with Gasteiger partial charge < -0.3 is 14.3 Å². The molecule has 142 valence electrons. The average Bonchev–Trinajstić information content (AvgIpc) is 3.19. The quantitative estimate of drug-likeness (QED) is 0.386. The van der Waals surface area contributed by atoms with Crippen molar-refractivity contribution in [1.29, 1.82) is 0 Å². The molecule has 4 rings (SSSR count). The van der Waals surface area contributed by atoms with Crippen molar-refractivity contribution < 1.29 is 14.3 Å². The molecule has 5 nitrogen and oxygen atoms in total. The molecule has 0 amide bonds. The minimum absolute atomic E-state index is 0.191. The first-order valence-corrected chi connectivity index (χ1v) is 10.5. The maximum atomic E-state index is 10.2. The number of thioether (sulfide) groups is 1. The SMILES string of the molecule is OC(COc1ccc2ccccc2c1)CSc1nnc(-c2ccccc2Br)o1. The Hall–Kier alpha value is -2.35. The highest BCUT2D eigenvalue weighted by Crippen LogP contribution is 2.29. The van der Waals surface area contributed by atoms with Crippen molar-refractivity contribution in [2.24, 2.45) is 0 Å². The molecule has 0 bridgehead atoms. The van der Waals surface area contributed by atoms with Crippen LogP contribution in [0.3, 0.4) is 0 Å². The van der Waals surface area contributed by atoms with Gasteiger partial charge in [-0.25, -0.2) is 0 Å². The molecule has 1 atom stereocenters. The van der Waals surface area contributed by atoms with E-state index in [9.17, 15) is 5.11 Å². The second kappa shape index (κ2) is 8.77. The third-order valence-corrected chi connectivity index (χ3v) is 5.73. The number of hydrogen-bond acceptors (Lipinski definition) is 6. The number of ether oxygens (including phenoxy) is 1. The van der Waals surface area contributed by atoms with Crippen molar-refractivity contribution in [1.82, 2.24) is 10.2 Å². The molecule has 0 aliphatic rings. The normalized spacial score (nSPS) is 12.2. The summed E-state index contributed by atoms with van der Waals surface area (Å²) in [5.74, 6) is 1.57. The number of halogens is 1. The number of benzene rings is 3. The molecular weight excluding hydrogens is 440 g/mol. The van der Waals surface area contributed by atoms with Gasteiger partial charge in [0.1, 0.15) is 12.4 Å². The maximum absolute atomic E-state index is 10.2. The minimum atomic E-state index is -0.657. The van der Waals surface area contributed by atoms with Crippen LogP contribution in [-0.4, -0.2) is 33.8 Å². The average molecular weight is 457 g/mol. The van der Waals surface area contributed by atoms with Crippen molar-refractivity contribution >= 4 is 38.5 Å². The predicted molar refractivity (Wildman–Crippen MR) is 114 cm³/mol. The third kappa shape index (κ3) is 4.55. The van der Waals surface area contributed by atoms with Crippen molar-refractivity contribution in [2.45, 2.75) is 11.3 Å². The Labute approximate surface area is 174 Å². The van der Waals surface area contributed by atoms with Crippen LogP contribution in [-0.2, 0) is 0 Å². The fraction of sp³-hybridized carbons (Fsp3) is 0.143. The molecule has 1 unspecified atom stereocenters. The lowest BCUT2D eigenvalue weighted by Crippen LogP contribution is -2.20. The van der Waals surface area contributed by atoms with Crippen LogP contribution in [0.25, 0.3) is 22.2 Å². The Morgan fingerprint density at radius 1 is 1.00 bits per heavy atom. The highest BCUT2D eigenvalue weighted by molar-refractivity contribution is 9.10. The van der Waals surface area contributed by atoms with E-state index in [-0.39, 0.29) is 6.61 Å². The Morgan fingerprint density at radius 3 is 2.64 bits per heavy atom. The summed E-state index contributed by atoms with van der Waals surface area (Å²) in [6.45, 7) is 0.191. The molecule has 0 saturated heterocycles. The Balaban J connectivity index is 1.31. The van der Waals surface area contributed by atoms with Crippen LogP contribution in [0, 0.1) is 0 Å². The van der Waals surface area contributed by atoms with Crippen LogP contribution in [0.2, 0.25) is 0 Å². The topological polar surface area (TPSA) is 68.4 Å². The van der Waals surface area contributed by atoms with E-state index in [4.69, 9.17) is 9.15 Å². The number of aliphatic hydroxyl groups excluding tert-OH is 1. The molecule has 28 heavy (non-hydrogen) atoms. The monoisotopic (exact) mass is 456 g/mol. The Morgan fingerprint density at radius 2 is 1.79 bits per heavy atom. The first-order chi connectivity index (χ1) is 13.7. The predicted octanol–water partition coefficient (Wildman–Crippen LogP) is 5.18. The fourth-order valence-electron chi connectivity index (χ4n) is 2.68. The zero-order chi connectivity index (χ0) is 19.3.